The molecule has 94 valence electrons. The number of nitrogens with two attached hydrogens (primary N) is 1. The molecule has 1 aliphatic heterocycles. The summed E-state index contributed by atoms with van der Waals surface area (Å²) in [4.78, 5) is 16.3. The van der Waals surface area contributed by atoms with Crippen molar-refractivity contribution >= 4 is 5.91 Å². The molecule has 1 amide bonds. The summed E-state index contributed by atoms with van der Waals surface area (Å²) in [5.41, 5.74) is 5.64. The van der Waals surface area contributed by atoms with Crippen LogP contribution in [0.5, 0.6) is 0 Å². The molecule has 1 aliphatic rings. The van der Waals surface area contributed by atoms with Crippen LogP contribution in [0.3, 0.4) is 0 Å². The van der Waals surface area contributed by atoms with Crippen molar-refractivity contribution in [1.82, 2.24) is 9.80 Å². The number of hydrogen-bond donors (Lipinski definition) is 1. The first-order valence-electron chi connectivity index (χ1n) is 6.33. The molecular formula is C12H25N3O. The molecule has 4 nitrogen and oxygen atoms in total. The van der Waals surface area contributed by atoms with Crippen LogP contribution in [0.2, 0.25) is 0 Å². The van der Waals surface area contributed by atoms with Gasteiger partial charge in [-0.2, -0.15) is 0 Å². The van der Waals surface area contributed by atoms with Crippen LogP contribution in [-0.2, 0) is 4.79 Å². The van der Waals surface area contributed by atoms with Gasteiger partial charge in [0.15, 0.2) is 0 Å². The minimum atomic E-state index is 0.285. The van der Waals surface area contributed by atoms with E-state index in [1.165, 1.54) is 0 Å². The highest BCUT2D eigenvalue weighted by molar-refractivity contribution is 5.76. The van der Waals surface area contributed by atoms with Gasteiger partial charge in [-0.25, -0.2) is 0 Å². The van der Waals surface area contributed by atoms with Crippen LogP contribution in [0.15, 0.2) is 0 Å². The molecule has 0 spiro atoms. The first-order valence-corrected chi connectivity index (χ1v) is 6.33. The van der Waals surface area contributed by atoms with E-state index in [-0.39, 0.29) is 5.91 Å². The monoisotopic (exact) mass is 227 g/mol. The summed E-state index contributed by atoms with van der Waals surface area (Å²) in [7, 11) is 2.11. The second kappa shape index (κ2) is 6.86. The molecule has 4 heteroatoms. The van der Waals surface area contributed by atoms with E-state index in [4.69, 9.17) is 5.73 Å². The Balaban J connectivity index is 2.40. The summed E-state index contributed by atoms with van der Waals surface area (Å²) in [5, 5.41) is 0. The lowest BCUT2D eigenvalue weighted by Crippen LogP contribution is -2.36. The van der Waals surface area contributed by atoms with Gasteiger partial charge >= 0.3 is 0 Å². The zero-order chi connectivity index (χ0) is 12.0. The van der Waals surface area contributed by atoms with Crippen molar-refractivity contribution in [3.05, 3.63) is 0 Å². The number of likely N-dealkylation sites (N-methyl/N-ethyl adjacent to an activating group) is 1. The molecular weight excluding hydrogens is 202 g/mol. The van der Waals surface area contributed by atoms with Crippen LogP contribution in [0, 0.1) is 5.92 Å². The van der Waals surface area contributed by atoms with Crippen LogP contribution < -0.4 is 5.73 Å². The first kappa shape index (κ1) is 13.5. The molecule has 0 bridgehead atoms. The molecule has 16 heavy (non-hydrogen) atoms. The second-order valence-electron chi connectivity index (χ2n) is 4.75. The van der Waals surface area contributed by atoms with E-state index in [0.29, 0.717) is 18.9 Å². The average molecular weight is 227 g/mol. The van der Waals surface area contributed by atoms with Gasteiger partial charge in [0, 0.05) is 26.1 Å². The minimum absolute atomic E-state index is 0.285. The van der Waals surface area contributed by atoms with E-state index in [9.17, 15) is 4.79 Å². The van der Waals surface area contributed by atoms with Gasteiger partial charge in [0.1, 0.15) is 0 Å². The summed E-state index contributed by atoms with van der Waals surface area (Å²) in [6.45, 7) is 6.58. The van der Waals surface area contributed by atoms with E-state index < -0.39 is 0 Å². The Morgan fingerprint density at radius 3 is 2.69 bits per heavy atom. The Kier molecular flexibility index (Phi) is 5.77. The van der Waals surface area contributed by atoms with Gasteiger partial charge < -0.3 is 15.5 Å². The number of hydrogen-bond acceptors (Lipinski definition) is 3. The van der Waals surface area contributed by atoms with Crippen molar-refractivity contribution in [1.29, 1.82) is 0 Å². The predicted molar refractivity (Wildman–Crippen MR) is 66.1 cm³/mol. The fourth-order valence-corrected chi connectivity index (χ4v) is 2.07. The van der Waals surface area contributed by atoms with E-state index in [2.05, 4.69) is 18.9 Å². The molecule has 0 saturated carbocycles. The second-order valence-corrected chi connectivity index (χ2v) is 4.75. The van der Waals surface area contributed by atoms with Gasteiger partial charge in [-0.1, -0.05) is 13.3 Å². The minimum Gasteiger partial charge on any atom is -0.341 e. The maximum Gasteiger partial charge on any atom is 0.222 e. The topological polar surface area (TPSA) is 49.6 Å². The van der Waals surface area contributed by atoms with Crippen molar-refractivity contribution in [3.8, 4) is 0 Å². The van der Waals surface area contributed by atoms with Crippen molar-refractivity contribution in [3.63, 3.8) is 0 Å². The molecule has 0 aromatic heterocycles. The van der Waals surface area contributed by atoms with E-state index in [1.54, 1.807) is 0 Å². The van der Waals surface area contributed by atoms with Crippen LogP contribution in [0.25, 0.3) is 0 Å². The molecule has 1 heterocycles. The molecule has 2 N–H and O–H groups in total. The molecule has 0 aliphatic carbocycles. The smallest absolute Gasteiger partial charge is 0.222 e. The van der Waals surface area contributed by atoms with Crippen LogP contribution in [0.1, 0.15) is 26.2 Å². The summed E-state index contributed by atoms with van der Waals surface area (Å²) < 4.78 is 0. The van der Waals surface area contributed by atoms with Gasteiger partial charge in [0.25, 0.3) is 0 Å². The van der Waals surface area contributed by atoms with Crippen LogP contribution >= 0.6 is 0 Å². The summed E-state index contributed by atoms with van der Waals surface area (Å²) >= 11 is 0. The molecule has 1 fully saturated rings. The average Bonchev–Trinajstić information content (AvgIpc) is 2.50. The lowest BCUT2D eigenvalue weighted by molar-refractivity contribution is -0.132. The number of nitrogens with zero attached hydrogens (tertiary/aromatic N) is 2. The van der Waals surface area contributed by atoms with Crippen molar-refractivity contribution in [2.24, 2.45) is 11.7 Å². The highest BCUT2D eigenvalue weighted by Gasteiger charge is 2.19. The van der Waals surface area contributed by atoms with Crippen molar-refractivity contribution in [2.45, 2.75) is 26.2 Å². The largest absolute Gasteiger partial charge is 0.341 e. The molecule has 1 unspecified atom stereocenters. The van der Waals surface area contributed by atoms with Gasteiger partial charge in [0.05, 0.1) is 0 Å². The molecule has 0 radical (unpaired) electrons. The molecule has 0 aromatic carbocycles. The van der Waals surface area contributed by atoms with Crippen LogP contribution in [-0.4, -0.2) is 55.5 Å². The number of carbonyl (C=O) groups excluding carboxylic acids is 1. The lowest BCUT2D eigenvalue weighted by Gasteiger charge is -2.22. The number of carbonyl (C=O) groups is 1. The van der Waals surface area contributed by atoms with Gasteiger partial charge in [-0.3, -0.25) is 4.79 Å². The number of amides is 1. The Morgan fingerprint density at radius 1 is 1.31 bits per heavy atom. The third-order valence-corrected chi connectivity index (χ3v) is 3.45. The number of rotatable bonds is 4. The maximum absolute atomic E-state index is 12.0. The fourth-order valence-electron chi connectivity index (χ4n) is 2.07. The van der Waals surface area contributed by atoms with Crippen molar-refractivity contribution in [2.75, 3.05) is 39.8 Å². The Bertz CT molecular complexity index is 216. The first-order chi connectivity index (χ1) is 7.67. The summed E-state index contributed by atoms with van der Waals surface area (Å²) in [5.74, 6) is 0.640. The van der Waals surface area contributed by atoms with Gasteiger partial charge in [-0.05, 0) is 32.5 Å². The Labute approximate surface area is 98.8 Å². The third kappa shape index (κ3) is 4.10. The normalized spacial score (nSPS) is 20.6. The zero-order valence-electron chi connectivity index (χ0n) is 10.6. The molecule has 0 aromatic rings. The van der Waals surface area contributed by atoms with E-state index in [0.717, 1.165) is 39.0 Å². The highest BCUT2D eigenvalue weighted by atomic mass is 16.2. The maximum atomic E-state index is 12.0. The van der Waals surface area contributed by atoms with Crippen LogP contribution in [0.4, 0.5) is 0 Å². The summed E-state index contributed by atoms with van der Waals surface area (Å²) in [6, 6.07) is 0. The lowest BCUT2D eigenvalue weighted by atomic mass is 10.0. The van der Waals surface area contributed by atoms with E-state index >= 15 is 0 Å². The Hall–Kier alpha value is -0.610. The Morgan fingerprint density at radius 2 is 2.06 bits per heavy atom. The standard InChI is InChI=1S/C12H25N3O/c1-3-11(10-13)9-12(16)15-6-4-5-14(2)7-8-15/h11H,3-10,13H2,1-2H3. The fraction of sp³-hybridized carbons (Fsp3) is 0.917. The van der Waals surface area contributed by atoms with Gasteiger partial charge in [-0.15, -0.1) is 0 Å². The quantitative estimate of drug-likeness (QED) is 0.762. The van der Waals surface area contributed by atoms with Crippen molar-refractivity contribution < 1.29 is 4.79 Å². The predicted octanol–water partition coefficient (Wildman–Crippen LogP) is 0.526. The SMILES string of the molecule is CCC(CN)CC(=O)N1CCCN(C)CC1. The molecule has 1 saturated heterocycles. The molecule has 1 atom stereocenters. The van der Waals surface area contributed by atoms with E-state index in [1.807, 2.05) is 4.90 Å². The van der Waals surface area contributed by atoms with Gasteiger partial charge in [0.2, 0.25) is 5.91 Å². The third-order valence-electron chi connectivity index (χ3n) is 3.45. The molecule has 1 rings (SSSR count). The zero-order valence-corrected chi connectivity index (χ0v) is 10.6. The highest BCUT2D eigenvalue weighted by Crippen LogP contribution is 2.10. The summed E-state index contributed by atoms with van der Waals surface area (Å²) in [6.07, 6.45) is 2.70.